The Morgan fingerprint density at radius 3 is 1.94 bits per heavy atom. The van der Waals surface area contributed by atoms with Crippen LogP contribution in [0.15, 0.2) is 54.6 Å². The summed E-state index contributed by atoms with van der Waals surface area (Å²) in [6.45, 7) is 0. The molecule has 0 atom stereocenters. The number of phenols is 1. The summed E-state index contributed by atoms with van der Waals surface area (Å²) >= 11 is 0. The third kappa shape index (κ3) is 2.73. The van der Waals surface area contributed by atoms with Gasteiger partial charge in [-0.2, -0.15) is 5.26 Å². The van der Waals surface area contributed by atoms with Crippen LogP contribution in [0.4, 0.5) is 0 Å². The van der Waals surface area contributed by atoms with Crippen molar-refractivity contribution in [3.63, 3.8) is 0 Å². The van der Waals surface area contributed by atoms with Crippen LogP contribution in [-0.2, 0) is 0 Å². The predicted molar refractivity (Wildman–Crippen MR) is 68.2 cm³/mol. The number of hydrogen-bond acceptors (Lipinski definition) is 2. The second-order valence-electron chi connectivity index (χ2n) is 3.63. The number of nitrogens with zero attached hydrogens (tertiary/aromatic N) is 1. The van der Waals surface area contributed by atoms with Crippen LogP contribution < -0.4 is 0 Å². The Hall–Kier alpha value is -2.53. The van der Waals surface area contributed by atoms with Crippen molar-refractivity contribution in [1.82, 2.24) is 0 Å². The molecule has 0 amide bonds. The van der Waals surface area contributed by atoms with E-state index in [1.807, 2.05) is 42.5 Å². The fourth-order valence-electron chi connectivity index (χ4n) is 1.57. The average molecular weight is 221 g/mol. The third-order valence-corrected chi connectivity index (χ3v) is 2.46. The van der Waals surface area contributed by atoms with Crippen molar-refractivity contribution in [2.75, 3.05) is 0 Å². The summed E-state index contributed by atoms with van der Waals surface area (Å²) in [5.41, 5.74) is 3.13. The Morgan fingerprint density at radius 1 is 0.882 bits per heavy atom. The van der Waals surface area contributed by atoms with Crippen LogP contribution in [0.2, 0.25) is 0 Å². The predicted octanol–water partition coefficient (Wildman–Crippen LogP) is 3.60. The Morgan fingerprint density at radius 2 is 1.41 bits per heavy atom. The molecule has 0 aliphatic heterocycles. The first-order chi connectivity index (χ1) is 8.29. The maximum Gasteiger partial charge on any atom is 0.115 e. The highest BCUT2D eigenvalue weighted by Crippen LogP contribution is 2.22. The molecule has 2 heteroatoms. The van der Waals surface area contributed by atoms with Crippen molar-refractivity contribution in [3.05, 3.63) is 60.2 Å². The van der Waals surface area contributed by atoms with Crippen molar-refractivity contribution in [2.24, 2.45) is 0 Å². The van der Waals surface area contributed by atoms with E-state index in [1.54, 1.807) is 18.2 Å². The zero-order valence-electron chi connectivity index (χ0n) is 9.17. The van der Waals surface area contributed by atoms with E-state index in [0.717, 1.165) is 16.7 Å². The minimum Gasteiger partial charge on any atom is -0.508 e. The smallest absolute Gasteiger partial charge is 0.115 e. The van der Waals surface area contributed by atoms with E-state index in [4.69, 9.17) is 5.26 Å². The van der Waals surface area contributed by atoms with Crippen LogP contribution in [0, 0.1) is 11.3 Å². The lowest BCUT2D eigenvalue weighted by Gasteiger charge is -2.02. The topological polar surface area (TPSA) is 44.0 Å². The first-order valence-electron chi connectivity index (χ1n) is 5.25. The Kier molecular flexibility index (Phi) is 3.23. The highest BCUT2D eigenvalue weighted by Gasteiger charge is 1.97. The molecule has 0 aromatic heterocycles. The standard InChI is InChI=1S/C15H11NO/c16-11-1-2-12-3-5-13(6-4-12)14-7-9-15(17)10-8-14/h1-10,17H. The molecule has 0 saturated heterocycles. The number of hydrogen-bond donors (Lipinski definition) is 1. The molecule has 2 aromatic rings. The summed E-state index contributed by atoms with van der Waals surface area (Å²) in [7, 11) is 0. The summed E-state index contributed by atoms with van der Waals surface area (Å²) in [6, 6.07) is 16.9. The van der Waals surface area contributed by atoms with E-state index >= 15 is 0 Å². The van der Waals surface area contributed by atoms with E-state index in [1.165, 1.54) is 6.08 Å². The molecule has 0 spiro atoms. The average Bonchev–Trinajstić information content (AvgIpc) is 2.38. The van der Waals surface area contributed by atoms with Gasteiger partial charge >= 0.3 is 0 Å². The molecule has 17 heavy (non-hydrogen) atoms. The van der Waals surface area contributed by atoms with Gasteiger partial charge in [0, 0.05) is 6.08 Å². The lowest BCUT2D eigenvalue weighted by molar-refractivity contribution is 0.475. The number of aromatic hydroxyl groups is 1. The van der Waals surface area contributed by atoms with Gasteiger partial charge in [-0.05, 0) is 34.9 Å². The van der Waals surface area contributed by atoms with E-state index in [0.29, 0.717) is 0 Å². The quantitative estimate of drug-likeness (QED) is 0.787. The molecule has 0 bridgehead atoms. The third-order valence-electron chi connectivity index (χ3n) is 2.46. The largest absolute Gasteiger partial charge is 0.508 e. The summed E-state index contributed by atoms with van der Waals surface area (Å²) < 4.78 is 0. The number of benzene rings is 2. The van der Waals surface area contributed by atoms with E-state index in [9.17, 15) is 5.11 Å². The second kappa shape index (κ2) is 5.00. The number of allylic oxidation sites excluding steroid dienone is 1. The van der Waals surface area contributed by atoms with Crippen molar-refractivity contribution in [1.29, 1.82) is 5.26 Å². The maximum atomic E-state index is 9.21. The van der Waals surface area contributed by atoms with Gasteiger partial charge in [-0.25, -0.2) is 0 Å². The first kappa shape index (κ1) is 11.0. The van der Waals surface area contributed by atoms with Crippen LogP contribution in [-0.4, -0.2) is 5.11 Å². The SMILES string of the molecule is N#CC=Cc1ccc(-c2ccc(O)cc2)cc1. The normalized spacial score (nSPS) is 10.3. The molecular formula is C15H11NO. The van der Waals surface area contributed by atoms with Gasteiger partial charge in [0.25, 0.3) is 0 Å². The highest BCUT2D eigenvalue weighted by molar-refractivity contribution is 5.66. The lowest BCUT2D eigenvalue weighted by Crippen LogP contribution is -1.78. The van der Waals surface area contributed by atoms with Crippen molar-refractivity contribution in [2.45, 2.75) is 0 Å². The van der Waals surface area contributed by atoms with Crippen LogP contribution in [0.25, 0.3) is 17.2 Å². The molecule has 0 fully saturated rings. The molecule has 0 radical (unpaired) electrons. The fourth-order valence-corrected chi connectivity index (χ4v) is 1.57. The van der Waals surface area contributed by atoms with E-state index in [2.05, 4.69) is 0 Å². The highest BCUT2D eigenvalue weighted by atomic mass is 16.3. The monoisotopic (exact) mass is 221 g/mol. The molecule has 0 unspecified atom stereocenters. The molecule has 1 N–H and O–H groups in total. The molecule has 2 aromatic carbocycles. The van der Waals surface area contributed by atoms with Gasteiger partial charge < -0.3 is 5.11 Å². The van der Waals surface area contributed by atoms with Crippen LogP contribution in [0.1, 0.15) is 5.56 Å². The summed E-state index contributed by atoms with van der Waals surface area (Å²) in [4.78, 5) is 0. The maximum absolute atomic E-state index is 9.21. The van der Waals surface area contributed by atoms with Crippen LogP contribution >= 0.6 is 0 Å². The minimum absolute atomic E-state index is 0.266. The Bertz CT molecular complexity index is 559. The number of nitriles is 1. The van der Waals surface area contributed by atoms with Gasteiger partial charge in [0.15, 0.2) is 0 Å². The van der Waals surface area contributed by atoms with Gasteiger partial charge in [0.1, 0.15) is 5.75 Å². The molecule has 2 rings (SSSR count). The van der Waals surface area contributed by atoms with Crippen LogP contribution in [0.3, 0.4) is 0 Å². The summed E-state index contributed by atoms with van der Waals surface area (Å²) in [6.07, 6.45) is 3.22. The van der Waals surface area contributed by atoms with Gasteiger partial charge in [-0.1, -0.05) is 36.4 Å². The minimum atomic E-state index is 0.266. The Balaban J connectivity index is 2.26. The first-order valence-corrected chi connectivity index (χ1v) is 5.25. The molecule has 0 aliphatic carbocycles. The van der Waals surface area contributed by atoms with Crippen molar-refractivity contribution < 1.29 is 5.11 Å². The molecule has 0 heterocycles. The molecular weight excluding hydrogens is 210 g/mol. The van der Waals surface area contributed by atoms with Gasteiger partial charge in [0.05, 0.1) is 6.07 Å². The van der Waals surface area contributed by atoms with Gasteiger partial charge in [-0.15, -0.1) is 0 Å². The molecule has 2 nitrogen and oxygen atoms in total. The van der Waals surface area contributed by atoms with E-state index in [-0.39, 0.29) is 5.75 Å². The van der Waals surface area contributed by atoms with Crippen molar-refractivity contribution in [3.8, 4) is 22.9 Å². The number of rotatable bonds is 2. The van der Waals surface area contributed by atoms with Gasteiger partial charge in [0.2, 0.25) is 0 Å². The Labute approximate surface area is 100 Å². The van der Waals surface area contributed by atoms with E-state index < -0.39 is 0 Å². The second-order valence-corrected chi connectivity index (χ2v) is 3.63. The molecule has 0 saturated carbocycles. The van der Waals surface area contributed by atoms with Crippen LogP contribution in [0.5, 0.6) is 5.75 Å². The molecule has 0 aliphatic rings. The summed E-state index contributed by atoms with van der Waals surface area (Å²) in [5, 5.41) is 17.6. The lowest BCUT2D eigenvalue weighted by atomic mass is 10.0. The van der Waals surface area contributed by atoms with Gasteiger partial charge in [-0.3, -0.25) is 0 Å². The number of phenolic OH excluding ortho intramolecular Hbond substituents is 1. The summed E-state index contributed by atoms with van der Waals surface area (Å²) in [5.74, 6) is 0.266. The fraction of sp³-hybridized carbons (Fsp3) is 0. The zero-order valence-corrected chi connectivity index (χ0v) is 9.17. The molecule has 82 valence electrons. The zero-order chi connectivity index (χ0) is 12.1. The van der Waals surface area contributed by atoms with Crippen molar-refractivity contribution >= 4 is 6.08 Å².